The van der Waals surface area contributed by atoms with Crippen LogP contribution < -0.4 is 10.3 Å². The molecular weight excluding hydrogens is 283 g/mol. The van der Waals surface area contributed by atoms with Crippen LogP contribution in [0.2, 0.25) is 0 Å². The number of nitrogens with two attached hydrogens (primary N) is 1. The summed E-state index contributed by atoms with van der Waals surface area (Å²) < 4.78 is 13.8. The van der Waals surface area contributed by atoms with Crippen molar-refractivity contribution < 1.29 is 24.0 Å². The Kier molecular flexibility index (Phi) is 2.58. The average Bonchev–Trinajstić information content (AvgIpc) is 3.12. The smallest absolute Gasteiger partial charge is 0.394 e. The zero-order valence-corrected chi connectivity index (χ0v) is 10.8. The van der Waals surface area contributed by atoms with Crippen LogP contribution in [0.25, 0.3) is 16.8 Å². The quantitative estimate of drug-likeness (QED) is 0.379. The molecular formula is C11H13N6O4+. The maximum Gasteiger partial charge on any atom is 0.406 e. The van der Waals surface area contributed by atoms with Crippen molar-refractivity contribution >= 4 is 22.8 Å². The highest BCUT2D eigenvalue weighted by Gasteiger charge is 2.36. The summed E-state index contributed by atoms with van der Waals surface area (Å²) in [5.41, 5.74) is 7.03. The summed E-state index contributed by atoms with van der Waals surface area (Å²) in [7, 11) is 0. The number of nitrogen functional groups attached to an aromatic ring is 1. The van der Waals surface area contributed by atoms with Gasteiger partial charge in [0.05, 0.1) is 12.7 Å². The molecule has 1 aliphatic heterocycles. The minimum absolute atomic E-state index is 0.0201. The van der Waals surface area contributed by atoms with Crippen LogP contribution in [0.3, 0.4) is 0 Å². The van der Waals surface area contributed by atoms with Gasteiger partial charge in [-0.1, -0.05) is 4.98 Å². The molecule has 0 radical (unpaired) electrons. The van der Waals surface area contributed by atoms with E-state index in [0.717, 1.165) is 0 Å². The van der Waals surface area contributed by atoms with Gasteiger partial charge in [-0.05, 0) is 9.56 Å². The monoisotopic (exact) mass is 296 g/mol. The topological polar surface area (TPSA) is 137 Å². The van der Waals surface area contributed by atoms with E-state index in [1.165, 1.54) is 10.9 Å². The molecule has 10 heteroatoms. The molecule has 0 spiro atoms. The lowest BCUT2D eigenvalue weighted by atomic mass is 10.2. The van der Waals surface area contributed by atoms with Gasteiger partial charge in [0, 0.05) is 6.42 Å². The lowest BCUT2D eigenvalue weighted by Gasteiger charge is -2.12. The van der Waals surface area contributed by atoms with Crippen molar-refractivity contribution in [1.29, 1.82) is 0 Å². The second-order valence-corrected chi connectivity index (χ2v) is 4.87. The van der Waals surface area contributed by atoms with Gasteiger partial charge in [-0.3, -0.25) is 9.09 Å². The lowest BCUT2D eigenvalue weighted by molar-refractivity contribution is -0.716. The highest BCUT2D eigenvalue weighted by molar-refractivity contribution is 5.82. The fraction of sp³-hybridized carbons (Fsp3) is 0.455. The molecule has 4 N–H and O–H groups in total. The first kappa shape index (κ1) is 12.4. The molecule has 0 amide bonds. The van der Waals surface area contributed by atoms with Gasteiger partial charge in [-0.25, -0.2) is 4.98 Å². The highest BCUT2D eigenvalue weighted by Crippen LogP contribution is 2.30. The number of rotatable bonds is 2. The van der Waals surface area contributed by atoms with Crippen LogP contribution in [0.1, 0.15) is 12.6 Å². The fourth-order valence-corrected chi connectivity index (χ4v) is 2.56. The molecule has 10 nitrogen and oxygen atoms in total. The first-order valence-electron chi connectivity index (χ1n) is 6.41. The maximum atomic E-state index is 9.82. The number of imidazole rings is 1. The summed E-state index contributed by atoms with van der Waals surface area (Å²) in [6.07, 6.45) is 1.58. The number of aromatic nitrogens is 5. The molecule has 0 bridgehead atoms. The van der Waals surface area contributed by atoms with E-state index in [1.54, 1.807) is 10.9 Å². The van der Waals surface area contributed by atoms with E-state index in [9.17, 15) is 5.11 Å². The summed E-state index contributed by atoms with van der Waals surface area (Å²) in [6.45, 7) is -0.238. The van der Waals surface area contributed by atoms with E-state index in [1.807, 2.05) is 0 Å². The third-order valence-electron chi connectivity index (χ3n) is 3.58. The van der Waals surface area contributed by atoms with Crippen molar-refractivity contribution in [2.45, 2.75) is 24.9 Å². The van der Waals surface area contributed by atoms with Crippen molar-refractivity contribution in [2.24, 2.45) is 0 Å². The van der Waals surface area contributed by atoms with Crippen molar-refractivity contribution in [1.82, 2.24) is 19.5 Å². The molecule has 1 fully saturated rings. The molecule has 21 heavy (non-hydrogen) atoms. The Morgan fingerprint density at radius 3 is 3.10 bits per heavy atom. The van der Waals surface area contributed by atoms with Gasteiger partial charge in [0.15, 0.2) is 0 Å². The van der Waals surface area contributed by atoms with Crippen molar-refractivity contribution in [3.8, 4) is 0 Å². The summed E-state index contributed by atoms with van der Waals surface area (Å²) in [5.74, 6) is 0. The first-order valence-corrected chi connectivity index (χ1v) is 6.41. The minimum Gasteiger partial charge on any atom is -0.394 e. The summed E-state index contributed by atoms with van der Waals surface area (Å²) in [4.78, 5) is 12.6. The molecule has 0 aromatic carbocycles. The molecule has 3 aromatic rings. The standard InChI is InChI=1S/C11H12N6O4/c12-11-15-10-8-9(14-4-17(10)21-11)16(3-13-8)7-1-5(19)6(2-18)20-7/h3-7,12,18-19H,1-2H2/p+1/t5-,6+,7+/m0/s1/i12+1,13+1,15+1. The molecule has 4 heterocycles. The molecule has 0 aliphatic carbocycles. The predicted octanol–water partition coefficient (Wildman–Crippen LogP) is -1.62. The minimum atomic E-state index is -0.724. The van der Waals surface area contributed by atoms with E-state index in [4.69, 9.17) is 20.1 Å². The highest BCUT2D eigenvalue weighted by atomic mass is 16.5. The van der Waals surface area contributed by atoms with Gasteiger partial charge in [0.2, 0.25) is 11.2 Å². The molecule has 1 aliphatic rings. The van der Waals surface area contributed by atoms with E-state index in [2.05, 4.69) is 15.0 Å². The van der Waals surface area contributed by atoms with Gasteiger partial charge in [-0.2, -0.15) is 0 Å². The van der Waals surface area contributed by atoms with Crippen LogP contribution in [-0.2, 0) is 4.74 Å². The number of hydrogen-bond acceptors (Lipinski definition) is 8. The molecule has 4 rings (SSSR count). The molecule has 1 saturated heterocycles. The number of nitrogens with zero attached hydrogens (tertiary/aromatic N) is 5. The molecule has 0 unspecified atom stereocenters. The second kappa shape index (κ2) is 4.35. The van der Waals surface area contributed by atoms with E-state index in [-0.39, 0.29) is 12.6 Å². The van der Waals surface area contributed by atoms with Crippen LogP contribution in [0.4, 0.5) is 6.01 Å². The van der Waals surface area contributed by atoms with Crippen molar-refractivity contribution in [3.05, 3.63) is 12.7 Å². The van der Waals surface area contributed by atoms with Crippen LogP contribution in [-0.4, -0.2) is 48.5 Å². The second-order valence-electron chi connectivity index (χ2n) is 4.87. The Bertz CT molecular complexity index is 814. The van der Waals surface area contributed by atoms with Gasteiger partial charge in [0.25, 0.3) is 6.33 Å². The largest absolute Gasteiger partial charge is 0.406 e. The molecule has 110 valence electrons. The first-order chi connectivity index (χ1) is 10.2. The summed E-state index contributed by atoms with van der Waals surface area (Å²) in [5, 5.41) is 19.0. The zero-order chi connectivity index (χ0) is 14.6. The SMILES string of the molecule is [15NH2]c1[15n]c2c3[15n]cn([C@H]4C[C@H](O)[C@@H](CO)O4)c3nc[n+]2o1. The summed E-state index contributed by atoms with van der Waals surface area (Å²) in [6, 6.07) is 0.0201. The van der Waals surface area contributed by atoms with Crippen molar-refractivity contribution in [3.63, 3.8) is 0 Å². The van der Waals surface area contributed by atoms with Gasteiger partial charge < -0.3 is 20.7 Å². The number of aliphatic hydroxyl groups excluding tert-OH is 2. The van der Waals surface area contributed by atoms with Crippen molar-refractivity contribution in [2.75, 3.05) is 12.3 Å². The van der Waals surface area contributed by atoms with Crippen LogP contribution in [0, 0.1) is 0 Å². The maximum absolute atomic E-state index is 9.82. The number of ether oxygens (including phenoxy) is 1. The number of aliphatic hydroxyl groups is 2. The van der Waals surface area contributed by atoms with E-state index in [0.29, 0.717) is 23.2 Å². The summed E-state index contributed by atoms with van der Waals surface area (Å²) >= 11 is 0. The zero-order valence-electron chi connectivity index (χ0n) is 10.8. The number of fused-ring (bicyclic) bond motifs is 3. The van der Waals surface area contributed by atoms with Gasteiger partial charge >= 0.3 is 11.7 Å². The Morgan fingerprint density at radius 1 is 1.48 bits per heavy atom. The fourth-order valence-electron chi connectivity index (χ4n) is 2.56. The Balaban J connectivity index is 1.82. The Morgan fingerprint density at radius 2 is 2.33 bits per heavy atom. The molecule has 3 aromatic heterocycles. The van der Waals surface area contributed by atoms with Crippen LogP contribution >= 0.6 is 0 Å². The predicted molar refractivity (Wildman–Crippen MR) is 66.8 cm³/mol. The number of anilines is 1. The van der Waals surface area contributed by atoms with Gasteiger partial charge in [-0.15, -0.1) is 0 Å². The number of hydrogen-bond donors (Lipinski definition) is 3. The normalized spacial score (nSPS) is 26.1. The van der Waals surface area contributed by atoms with E-state index >= 15 is 0 Å². The molecule has 3 atom stereocenters. The third kappa shape index (κ3) is 1.77. The average molecular weight is 296 g/mol. The Hall–Kier alpha value is -2.30. The van der Waals surface area contributed by atoms with Crippen LogP contribution in [0.15, 0.2) is 17.2 Å². The third-order valence-corrected chi connectivity index (χ3v) is 3.58. The van der Waals surface area contributed by atoms with E-state index < -0.39 is 18.4 Å². The molecule has 0 saturated carbocycles. The van der Waals surface area contributed by atoms with Crippen LogP contribution in [0.5, 0.6) is 0 Å². The van der Waals surface area contributed by atoms with Gasteiger partial charge in [0.1, 0.15) is 18.7 Å². The lowest BCUT2D eigenvalue weighted by Crippen LogP contribution is -2.24. The Labute approximate surface area is 117 Å².